The third-order valence-electron chi connectivity index (χ3n) is 1.91. The Morgan fingerprint density at radius 1 is 1.50 bits per heavy atom. The maximum Gasteiger partial charge on any atom is 0.0732 e. The normalized spacial score (nSPS) is 11.6. The molecule has 0 radical (unpaired) electrons. The van der Waals surface area contributed by atoms with Gasteiger partial charge in [-0.1, -0.05) is 19.9 Å². The third-order valence-corrected chi connectivity index (χ3v) is 1.91. The Hall–Kier alpha value is -0.930. The quantitative estimate of drug-likeness (QED) is 0.776. The van der Waals surface area contributed by atoms with E-state index in [4.69, 9.17) is 9.84 Å². The molecule has 78 valence electrons. The Kier molecular flexibility index (Phi) is 4.04. The van der Waals surface area contributed by atoms with Crippen molar-refractivity contribution in [2.75, 3.05) is 13.2 Å². The highest BCUT2D eigenvalue weighted by Crippen LogP contribution is 2.14. The van der Waals surface area contributed by atoms with Crippen molar-refractivity contribution in [3.8, 4) is 0 Å². The van der Waals surface area contributed by atoms with Crippen molar-refractivity contribution in [2.45, 2.75) is 20.5 Å². The fourth-order valence-electron chi connectivity index (χ4n) is 0.974. The van der Waals surface area contributed by atoms with Crippen molar-refractivity contribution in [3.05, 3.63) is 30.1 Å². The number of hydrogen-bond donors (Lipinski definition) is 1. The maximum atomic E-state index is 9.00. The minimum Gasteiger partial charge on any atom is -0.396 e. The number of nitrogens with zero attached hydrogens (tertiary/aromatic N) is 1. The smallest absolute Gasteiger partial charge is 0.0732 e. The summed E-state index contributed by atoms with van der Waals surface area (Å²) >= 11 is 0. The lowest BCUT2D eigenvalue weighted by atomic mass is 9.97. The van der Waals surface area contributed by atoms with E-state index in [0.717, 1.165) is 5.56 Å². The second kappa shape index (κ2) is 5.08. The van der Waals surface area contributed by atoms with Crippen molar-refractivity contribution in [1.82, 2.24) is 4.98 Å². The van der Waals surface area contributed by atoms with Gasteiger partial charge in [0.25, 0.3) is 0 Å². The highest BCUT2D eigenvalue weighted by Gasteiger charge is 2.16. The SMILES string of the molecule is CC(C)(CO)COCc1cccnc1. The van der Waals surface area contributed by atoms with Crippen LogP contribution in [0.4, 0.5) is 0 Å². The van der Waals surface area contributed by atoms with Crippen LogP contribution >= 0.6 is 0 Å². The molecular weight excluding hydrogens is 178 g/mol. The van der Waals surface area contributed by atoms with E-state index in [1.165, 1.54) is 0 Å². The van der Waals surface area contributed by atoms with Gasteiger partial charge in [-0.15, -0.1) is 0 Å². The predicted molar refractivity (Wildman–Crippen MR) is 54.8 cm³/mol. The number of rotatable bonds is 5. The summed E-state index contributed by atoms with van der Waals surface area (Å²) in [5, 5.41) is 9.00. The van der Waals surface area contributed by atoms with E-state index in [9.17, 15) is 0 Å². The predicted octanol–water partition coefficient (Wildman–Crippen LogP) is 1.62. The Bertz CT molecular complexity index is 259. The summed E-state index contributed by atoms with van der Waals surface area (Å²) in [6, 6.07) is 3.86. The molecule has 0 atom stereocenters. The number of pyridine rings is 1. The minimum atomic E-state index is -0.164. The van der Waals surface area contributed by atoms with E-state index in [-0.39, 0.29) is 12.0 Å². The highest BCUT2D eigenvalue weighted by molar-refractivity contribution is 5.06. The first-order chi connectivity index (χ1) is 6.64. The summed E-state index contributed by atoms with van der Waals surface area (Å²) < 4.78 is 5.48. The fraction of sp³-hybridized carbons (Fsp3) is 0.545. The molecule has 1 rings (SSSR count). The average Bonchev–Trinajstić information content (AvgIpc) is 2.19. The average molecular weight is 195 g/mol. The molecule has 0 amide bonds. The van der Waals surface area contributed by atoms with Crippen LogP contribution in [0.5, 0.6) is 0 Å². The molecule has 1 aromatic heterocycles. The van der Waals surface area contributed by atoms with Gasteiger partial charge in [0, 0.05) is 17.8 Å². The number of ether oxygens (including phenoxy) is 1. The summed E-state index contributed by atoms with van der Waals surface area (Å²) in [6.45, 7) is 5.18. The van der Waals surface area contributed by atoms with Gasteiger partial charge >= 0.3 is 0 Å². The first-order valence-corrected chi connectivity index (χ1v) is 4.71. The molecule has 3 heteroatoms. The third kappa shape index (κ3) is 3.85. The van der Waals surface area contributed by atoms with Crippen molar-refractivity contribution in [3.63, 3.8) is 0 Å². The van der Waals surface area contributed by atoms with E-state index in [0.29, 0.717) is 13.2 Å². The maximum absolute atomic E-state index is 9.00. The topological polar surface area (TPSA) is 42.4 Å². The Labute approximate surface area is 84.7 Å². The second-order valence-corrected chi connectivity index (χ2v) is 4.18. The number of aliphatic hydroxyl groups excluding tert-OH is 1. The number of aliphatic hydroxyl groups is 1. The Morgan fingerprint density at radius 3 is 2.86 bits per heavy atom. The summed E-state index contributed by atoms with van der Waals surface area (Å²) in [6.07, 6.45) is 3.52. The van der Waals surface area contributed by atoms with E-state index in [2.05, 4.69) is 4.98 Å². The summed E-state index contributed by atoms with van der Waals surface area (Å²) in [4.78, 5) is 3.99. The summed E-state index contributed by atoms with van der Waals surface area (Å²) in [7, 11) is 0. The molecule has 1 aromatic rings. The van der Waals surface area contributed by atoms with Crippen LogP contribution in [0, 0.1) is 5.41 Å². The van der Waals surface area contributed by atoms with Crippen molar-refractivity contribution < 1.29 is 9.84 Å². The van der Waals surface area contributed by atoms with Crippen LogP contribution in [0.15, 0.2) is 24.5 Å². The zero-order valence-electron chi connectivity index (χ0n) is 8.73. The van der Waals surface area contributed by atoms with Gasteiger partial charge in [0.2, 0.25) is 0 Å². The van der Waals surface area contributed by atoms with Gasteiger partial charge < -0.3 is 9.84 Å². The van der Waals surface area contributed by atoms with Crippen molar-refractivity contribution >= 4 is 0 Å². The molecule has 1 N–H and O–H groups in total. The van der Waals surface area contributed by atoms with Gasteiger partial charge in [0.15, 0.2) is 0 Å². The lowest BCUT2D eigenvalue weighted by molar-refractivity contribution is 0.0197. The molecule has 0 unspecified atom stereocenters. The van der Waals surface area contributed by atoms with Crippen molar-refractivity contribution in [1.29, 1.82) is 0 Å². The molecule has 0 spiro atoms. The molecule has 0 fully saturated rings. The largest absolute Gasteiger partial charge is 0.396 e. The van der Waals surface area contributed by atoms with Crippen LogP contribution in [-0.4, -0.2) is 23.3 Å². The summed E-state index contributed by atoms with van der Waals surface area (Å²) in [5.41, 5.74) is 0.892. The minimum absolute atomic E-state index is 0.139. The van der Waals surface area contributed by atoms with Crippen molar-refractivity contribution in [2.24, 2.45) is 5.41 Å². The van der Waals surface area contributed by atoms with Gasteiger partial charge in [0.1, 0.15) is 0 Å². The van der Waals surface area contributed by atoms with Crippen LogP contribution in [0.3, 0.4) is 0 Å². The lowest BCUT2D eigenvalue weighted by Gasteiger charge is -2.21. The molecule has 1 heterocycles. The van der Waals surface area contributed by atoms with Gasteiger partial charge in [-0.2, -0.15) is 0 Å². The van der Waals surface area contributed by atoms with Gasteiger partial charge in [-0.05, 0) is 11.6 Å². The highest BCUT2D eigenvalue weighted by atomic mass is 16.5. The molecule has 0 aliphatic heterocycles. The lowest BCUT2D eigenvalue weighted by Crippen LogP contribution is -2.23. The van der Waals surface area contributed by atoms with Crippen LogP contribution in [0.25, 0.3) is 0 Å². The molecule has 0 saturated heterocycles. The van der Waals surface area contributed by atoms with Gasteiger partial charge in [0.05, 0.1) is 19.8 Å². The van der Waals surface area contributed by atoms with Crippen LogP contribution in [-0.2, 0) is 11.3 Å². The van der Waals surface area contributed by atoms with Gasteiger partial charge in [-0.25, -0.2) is 0 Å². The van der Waals surface area contributed by atoms with E-state index in [1.807, 2.05) is 26.0 Å². The second-order valence-electron chi connectivity index (χ2n) is 4.18. The number of hydrogen-bond acceptors (Lipinski definition) is 3. The Balaban J connectivity index is 2.29. The molecule has 14 heavy (non-hydrogen) atoms. The molecule has 0 saturated carbocycles. The fourth-order valence-corrected chi connectivity index (χ4v) is 0.974. The number of aromatic nitrogens is 1. The van der Waals surface area contributed by atoms with Crippen LogP contribution < -0.4 is 0 Å². The molecular formula is C11H17NO2. The van der Waals surface area contributed by atoms with Crippen LogP contribution in [0.2, 0.25) is 0 Å². The standard InChI is InChI=1S/C11H17NO2/c1-11(2,8-13)9-14-7-10-4-3-5-12-6-10/h3-6,13H,7-9H2,1-2H3. The van der Waals surface area contributed by atoms with E-state index >= 15 is 0 Å². The van der Waals surface area contributed by atoms with E-state index in [1.54, 1.807) is 12.4 Å². The zero-order valence-corrected chi connectivity index (χ0v) is 8.73. The van der Waals surface area contributed by atoms with Gasteiger partial charge in [-0.3, -0.25) is 4.98 Å². The molecule has 0 aliphatic rings. The first kappa shape index (κ1) is 11.1. The molecule has 0 bridgehead atoms. The Morgan fingerprint density at radius 2 is 2.29 bits per heavy atom. The van der Waals surface area contributed by atoms with E-state index < -0.39 is 0 Å². The zero-order chi connectivity index (χ0) is 10.4. The molecule has 3 nitrogen and oxygen atoms in total. The molecule has 0 aromatic carbocycles. The first-order valence-electron chi connectivity index (χ1n) is 4.71. The summed E-state index contributed by atoms with van der Waals surface area (Å²) in [5.74, 6) is 0. The van der Waals surface area contributed by atoms with Crippen LogP contribution in [0.1, 0.15) is 19.4 Å². The monoisotopic (exact) mass is 195 g/mol. The molecule has 0 aliphatic carbocycles.